The van der Waals surface area contributed by atoms with Crippen LogP contribution >= 0.6 is 0 Å². The molecule has 0 aliphatic carbocycles. The van der Waals surface area contributed by atoms with E-state index in [4.69, 9.17) is 30.0 Å². The van der Waals surface area contributed by atoms with Gasteiger partial charge in [0.05, 0.1) is 0 Å². The molecule has 0 unspecified atom stereocenters. The van der Waals surface area contributed by atoms with Gasteiger partial charge in [0, 0.05) is 0 Å². The number of carbonyl (C=O) groups is 2. The molecule has 64 valence electrons. The van der Waals surface area contributed by atoms with Crippen LogP contribution in [-0.2, 0) is 0 Å². The van der Waals surface area contributed by atoms with Crippen molar-refractivity contribution in [1.29, 1.82) is 0 Å². The van der Waals surface area contributed by atoms with Crippen LogP contribution < -0.4 is 0 Å². The summed E-state index contributed by atoms with van der Waals surface area (Å²) in [5, 5.41) is 27.9. The Hall–Kier alpha value is 3.58. The van der Waals surface area contributed by atoms with Crippen LogP contribution in [0.5, 0.6) is 0 Å². The van der Waals surface area contributed by atoms with Crippen LogP contribution in [0.15, 0.2) is 0 Å². The third-order valence-corrected chi connectivity index (χ3v) is 0. The molecular weight excluding hydrogens is 280 g/mol. The second kappa shape index (κ2) is 29.3. The average Bonchev–Trinajstić information content (AvgIpc) is 1.25. The van der Waals surface area contributed by atoms with Crippen molar-refractivity contribution in [2.45, 2.75) is 0 Å². The van der Waals surface area contributed by atoms with Crippen molar-refractivity contribution in [3.05, 3.63) is 0 Å². The van der Waals surface area contributed by atoms with Gasteiger partial charge in [0.25, 0.3) is 0 Å². The minimum absolute atomic E-state index is 0. The Morgan fingerprint density at radius 2 is 0.583 bits per heavy atom. The summed E-state index contributed by atoms with van der Waals surface area (Å²) in [6, 6.07) is 0. The van der Waals surface area contributed by atoms with Crippen LogP contribution in [0.3, 0.4) is 0 Å². The monoisotopic (exact) mass is 292 g/mol. The van der Waals surface area contributed by atoms with Gasteiger partial charge in [-0.15, -0.1) is 0 Å². The van der Waals surface area contributed by atoms with Crippen LogP contribution in [0.25, 0.3) is 0 Å². The SMILES string of the molecule is O=C(O)O.O=C(O)O.[CaH2].[CaH2].[CaH2].[CaH2]. The van der Waals surface area contributed by atoms with Crippen molar-refractivity contribution in [2.75, 3.05) is 0 Å². The summed E-state index contributed by atoms with van der Waals surface area (Å²) in [6.07, 6.45) is -3.67. The Morgan fingerprint density at radius 1 is 0.583 bits per heavy atom. The zero-order valence-electron chi connectivity index (χ0n) is 3.61. The molecule has 4 N–H and O–H groups in total. The summed E-state index contributed by atoms with van der Waals surface area (Å²) in [7, 11) is 0. The maximum absolute atomic E-state index is 8.56. The van der Waals surface area contributed by atoms with Gasteiger partial charge in [-0.05, 0) is 0 Å². The molecule has 0 saturated carbocycles. The fraction of sp³-hybridized carbons (Fsp3) is 0. The molecule has 0 heterocycles. The van der Waals surface area contributed by atoms with E-state index in [1.807, 2.05) is 0 Å². The average molecular weight is 292 g/mol. The fourth-order valence-corrected chi connectivity index (χ4v) is 0. The standard InChI is InChI=1S/2CH2O3.4Ca.8H/c2*2-1(3)4;;;;;;;;;;;;/h2*(H2,2,3,4);;;;;;;;;;;;. The van der Waals surface area contributed by atoms with Crippen LogP contribution in [0.1, 0.15) is 0 Å². The number of hydrogen-bond acceptors (Lipinski definition) is 2. The molecule has 0 saturated heterocycles. The maximum atomic E-state index is 8.56. The van der Waals surface area contributed by atoms with E-state index in [9.17, 15) is 0 Å². The second-order valence-electron chi connectivity index (χ2n) is 0.565. The zero-order valence-corrected chi connectivity index (χ0v) is 3.61. The first-order valence-electron chi connectivity index (χ1n) is 1.30. The van der Waals surface area contributed by atoms with Crippen LogP contribution in [-0.4, -0.2) is 184 Å². The molecule has 12 heavy (non-hydrogen) atoms. The normalized spacial score (nSPS) is 4.00. The van der Waals surface area contributed by atoms with Gasteiger partial charge in [-0.25, -0.2) is 9.59 Å². The van der Waals surface area contributed by atoms with E-state index in [-0.39, 0.29) is 151 Å². The van der Waals surface area contributed by atoms with E-state index in [1.165, 1.54) is 0 Å². The van der Waals surface area contributed by atoms with Crippen LogP contribution in [0.2, 0.25) is 0 Å². The Labute approximate surface area is 188 Å². The third-order valence-electron chi connectivity index (χ3n) is 0. The Morgan fingerprint density at radius 3 is 0.583 bits per heavy atom. The van der Waals surface area contributed by atoms with Gasteiger partial charge in [-0.3, -0.25) is 0 Å². The summed E-state index contributed by atoms with van der Waals surface area (Å²) in [6.45, 7) is 0. The first kappa shape index (κ1) is 36.1. The van der Waals surface area contributed by atoms with Crippen LogP contribution in [0, 0.1) is 0 Å². The van der Waals surface area contributed by atoms with Gasteiger partial charge < -0.3 is 20.4 Å². The van der Waals surface area contributed by atoms with Gasteiger partial charge in [-0.2, -0.15) is 0 Å². The number of hydrogen-bond donors (Lipinski definition) is 4. The molecule has 0 aromatic heterocycles. The van der Waals surface area contributed by atoms with Crippen molar-refractivity contribution in [1.82, 2.24) is 0 Å². The summed E-state index contributed by atoms with van der Waals surface area (Å²) in [5.74, 6) is 0. The molecule has 6 nitrogen and oxygen atoms in total. The third kappa shape index (κ3) is 168. The molecule has 0 aliphatic heterocycles. The van der Waals surface area contributed by atoms with Crippen molar-refractivity contribution in [3.63, 3.8) is 0 Å². The van der Waals surface area contributed by atoms with E-state index >= 15 is 0 Å². The van der Waals surface area contributed by atoms with E-state index < -0.39 is 12.3 Å². The molecule has 0 bridgehead atoms. The predicted molar refractivity (Wildman–Crippen MR) is 55.5 cm³/mol. The van der Waals surface area contributed by atoms with Gasteiger partial charge >= 0.3 is 163 Å². The molecule has 0 rings (SSSR count). The van der Waals surface area contributed by atoms with E-state index in [0.717, 1.165) is 0 Å². The molecule has 0 aliphatic rings. The van der Waals surface area contributed by atoms with Crippen LogP contribution in [0.4, 0.5) is 9.59 Å². The van der Waals surface area contributed by atoms with Gasteiger partial charge in [0.1, 0.15) is 0 Å². The quantitative estimate of drug-likeness (QED) is 0.349. The van der Waals surface area contributed by atoms with Crippen molar-refractivity contribution in [3.8, 4) is 0 Å². The summed E-state index contributed by atoms with van der Waals surface area (Å²) in [4.78, 5) is 17.1. The van der Waals surface area contributed by atoms with Gasteiger partial charge in [0.2, 0.25) is 0 Å². The van der Waals surface area contributed by atoms with Crippen molar-refractivity contribution >= 4 is 163 Å². The summed E-state index contributed by atoms with van der Waals surface area (Å²) >= 11 is 0. The minimum atomic E-state index is -1.83. The molecule has 0 fully saturated rings. The second-order valence-corrected chi connectivity index (χ2v) is 0.565. The first-order chi connectivity index (χ1) is 3.46. The molecule has 0 atom stereocenters. The first-order valence-corrected chi connectivity index (χ1v) is 1.30. The molecule has 0 aromatic carbocycles. The van der Waals surface area contributed by atoms with Gasteiger partial charge in [0.15, 0.2) is 0 Å². The van der Waals surface area contributed by atoms with E-state index in [0.29, 0.717) is 0 Å². The molecule has 10 heteroatoms. The summed E-state index contributed by atoms with van der Waals surface area (Å²) < 4.78 is 0. The predicted octanol–water partition coefficient (Wildman–Crippen LogP) is -3.22. The molecule has 0 aromatic rings. The topological polar surface area (TPSA) is 115 Å². The van der Waals surface area contributed by atoms with E-state index in [1.54, 1.807) is 0 Å². The fourth-order valence-electron chi connectivity index (χ4n) is 0. The summed E-state index contributed by atoms with van der Waals surface area (Å²) in [5.41, 5.74) is 0. The Kier molecular flexibility index (Phi) is 88.1. The van der Waals surface area contributed by atoms with E-state index in [2.05, 4.69) is 0 Å². The molecular formula is C2H12Ca4O6. The number of rotatable bonds is 0. The number of carboxylic acid groups (broad SMARTS) is 4. The van der Waals surface area contributed by atoms with Crippen molar-refractivity contribution < 1.29 is 30.0 Å². The zero-order chi connectivity index (χ0) is 7.15. The van der Waals surface area contributed by atoms with Gasteiger partial charge in [-0.1, -0.05) is 0 Å². The Bertz CT molecular complexity index is 75.5. The molecule has 0 spiro atoms. The molecule has 0 radical (unpaired) electrons. The molecule has 0 amide bonds. The van der Waals surface area contributed by atoms with Crippen molar-refractivity contribution in [2.24, 2.45) is 0 Å². The Balaban J connectivity index is -0.0000000112.